The second-order valence-corrected chi connectivity index (χ2v) is 18.6. The molecule has 0 N–H and O–H groups in total. The fourth-order valence-corrected chi connectivity index (χ4v) is 7.93. The summed E-state index contributed by atoms with van der Waals surface area (Å²) in [6.07, 6.45) is 46.9. The third-order valence-electron chi connectivity index (χ3n) is 12.7. The molecule has 0 spiro atoms. The van der Waals surface area contributed by atoms with Crippen molar-refractivity contribution in [1.29, 1.82) is 0 Å². The zero-order valence-corrected chi connectivity index (χ0v) is 40.4. The maximum absolute atomic E-state index is 12.6. The molecule has 0 heterocycles. The number of hydrogen-bond acceptors (Lipinski definition) is 6. The Labute approximate surface area is 368 Å². The first-order valence-electron chi connectivity index (χ1n) is 26.3. The Morgan fingerprint density at radius 1 is 0.339 bits per heavy atom. The summed E-state index contributed by atoms with van der Waals surface area (Å²) in [6.45, 7) is 11.4. The second kappa shape index (κ2) is 45.9. The summed E-state index contributed by atoms with van der Waals surface area (Å²) in [6, 6.07) is 0. The van der Waals surface area contributed by atoms with Crippen LogP contribution in [0.2, 0.25) is 0 Å². The van der Waals surface area contributed by atoms with Crippen LogP contribution in [0.1, 0.15) is 291 Å². The van der Waals surface area contributed by atoms with Crippen LogP contribution in [0.15, 0.2) is 0 Å². The Morgan fingerprint density at radius 2 is 0.593 bits per heavy atom. The molecule has 0 rings (SSSR count). The Bertz CT molecular complexity index is 904. The van der Waals surface area contributed by atoms with E-state index in [0.29, 0.717) is 19.3 Å². The van der Waals surface area contributed by atoms with Crippen molar-refractivity contribution in [2.24, 2.45) is 11.8 Å². The minimum Gasteiger partial charge on any atom is -0.462 e. The SMILES string of the molecule is CCCCCCCC(=O)O[C@@H](COC(=O)CCCCCCCCCCCCCCCCCCCCC(C)CC)COC(=O)CCCCCCCCCCCCC(C)CC. The van der Waals surface area contributed by atoms with Gasteiger partial charge in [0, 0.05) is 19.3 Å². The van der Waals surface area contributed by atoms with Crippen molar-refractivity contribution in [2.75, 3.05) is 13.2 Å². The van der Waals surface area contributed by atoms with Gasteiger partial charge in [0.05, 0.1) is 0 Å². The number of rotatable bonds is 47. The summed E-state index contributed by atoms with van der Waals surface area (Å²) in [4.78, 5) is 37.6. The van der Waals surface area contributed by atoms with Crippen LogP contribution in [0.3, 0.4) is 0 Å². The van der Waals surface area contributed by atoms with E-state index < -0.39 is 6.10 Å². The van der Waals surface area contributed by atoms with Gasteiger partial charge in [0.15, 0.2) is 6.10 Å². The highest BCUT2D eigenvalue weighted by Gasteiger charge is 2.19. The molecular weight excluding hydrogens is 733 g/mol. The van der Waals surface area contributed by atoms with Crippen molar-refractivity contribution < 1.29 is 28.6 Å². The van der Waals surface area contributed by atoms with Gasteiger partial charge in [0.1, 0.15) is 13.2 Å². The smallest absolute Gasteiger partial charge is 0.306 e. The van der Waals surface area contributed by atoms with Crippen molar-refractivity contribution >= 4 is 17.9 Å². The van der Waals surface area contributed by atoms with Crippen LogP contribution >= 0.6 is 0 Å². The molecule has 0 saturated carbocycles. The number of unbranched alkanes of at least 4 members (excludes halogenated alkanes) is 30. The maximum atomic E-state index is 12.6. The normalized spacial score (nSPS) is 13.0. The summed E-state index contributed by atoms with van der Waals surface area (Å²) in [7, 11) is 0. The molecule has 6 heteroatoms. The van der Waals surface area contributed by atoms with Crippen molar-refractivity contribution in [1.82, 2.24) is 0 Å². The molecular formula is C53H102O6. The van der Waals surface area contributed by atoms with E-state index in [-0.39, 0.29) is 31.1 Å². The Hall–Kier alpha value is -1.59. The van der Waals surface area contributed by atoms with Crippen LogP contribution < -0.4 is 0 Å². The minimum absolute atomic E-state index is 0.0652. The molecule has 0 aromatic carbocycles. The predicted octanol–water partition coefficient (Wildman–Crippen LogP) is 16.9. The predicted molar refractivity (Wildman–Crippen MR) is 252 cm³/mol. The molecule has 350 valence electrons. The summed E-state index contributed by atoms with van der Waals surface area (Å²) in [5, 5.41) is 0. The molecule has 0 radical (unpaired) electrons. The van der Waals surface area contributed by atoms with Gasteiger partial charge in [0.2, 0.25) is 0 Å². The van der Waals surface area contributed by atoms with E-state index >= 15 is 0 Å². The van der Waals surface area contributed by atoms with Gasteiger partial charge in [-0.2, -0.15) is 0 Å². The van der Waals surface area contributed by atoms with Crippen LogP contribution in [0.4, 0.5) is 0 Å². The first-order chi connectivity index (χ1) is 28.8. The molecule has 3 atom stereocenters. The highest BCUT2D eigenvalue weighted by molar-refractivity contribution is 5.71. The molecule has 0 aliphatic heterocycles. The van der Waals surface area contributed by atoms with E-state index in [9.17, 15) is 14.4 Å². The van der Waals surface area contributed by atoms with Crippen molar-refractivity contribution in [3.63, 3.8) is 0 Å². The van der Waals surface area contributed by atoms with Gasteiger partial charge in [-0.3, -0.25) is 14.4 Å². The van der Waals surface area contributed by atoms with Gasteiger partial charge in [-0.1, -0.05) is 253 Å². The molecule has 0 saturated heterocycles. The number of carbonyl (C=O) groups excluding carboxylic acids is 3. The first kappa shape index (κ1) is 57.4. The third kappa shape index (κ3) is 44.3. The highest BCUT2D eigenvalue weighted by Crippen LogP contribution is 2.18. The summed E-state index contributed by atoms with van der Waals surface area (Å²) < 4.78 is 16.7. The molecule has 59 heavy (non-hydrogen) atoms. The van der Waals surface area contributed by atoms with Crippen LogP contribution in [-0.4, -0.2) is 37.2 Å². The first-order valence-corrected chi connectivity index (χ1v) is 26.3. The van der Waals surface area contributed by atoms with Crippen molar-refractivity contribution in [3.05, 3.63) is 0 Å². The van der Waals surface area contributed by atoms with E-state index in [2.05, 4.69) is 34.6 Å². The standard InChI is InChI=1S/C53H102O6/c1-6-9-10-31-40-45-53(56)59-50(47-58-52(55)44-39-35-30-26-22-21-24-28-33-37-42-49(5)8-3)46-57-51(54)43-38-34-29-25-20-18-16-14-12-11-13-15-17-19-23-27-32-36-41-48(4)7-2/h48-50H,6-47H2,1-5H3/t48?,49?,50-/m0/s1. The monoisotopic (exact) mass is 835 g/mol. The fraction of sp³-hybridized carbons (Fsp3) is 0.943. The molecule has 0 amide bonds. The molecule has 0 aromatic heterocycles. The quantitative estimate of drug-likeness (QED) is 0.0345. The van der Waals surface area contributed by atoms with E-state index in [1.807, 2.05) is 0 Å². The Kier molecular flexibility index (Phi) is 44.7. The van der Waals surface area contributed by atoms with Gasteiger partial charge in [-0.15, -0.1) is 0 Å². The molecule has 0 aliphatic carbocycles. The molecule has 0 fully saturated rings. The minimum atomic E-state index is -0.759. The molecule has 0 bridgehead atoms. The topological polar surface area (TPSA) is 78.9 Å². The lowest BCUT2D eigenvalue weighted by atomic mass is 9.99. The third-order valence-corrected chi connectivity index (χ3v) is 12.7. The Balaban J connectivity index is 4.02. The average Bonchev–Trinajstić information content (AvgIpc) is 3.23. The zero-order valence-electron chi connectivity index (χ0n) is 40.4. The number of carbonyl (C=O) groups is 3. The van der Waals surface area contributed by atoms with Gasteiger partial charge in [-0.05, 0) is 31.1 Å². The van der Waals surface area contributed by atoms with Gasteiger partial charge < -0.3 is 14.2 Å². The Morgan fingerprint density at radius 3 is 0.881 bits per heavy atom. The van der Waals surface area contributed by atoms with Crippen LogP contribution in [0.5, 0.6) is 0 Å². The van der Waals surface area contributed by atoms with E-state index in [1.165, 1.54) is 173 Å². The highest BCUT2D eigenvalue weighted by atomic mass is 16.6. The lowest BCUT2D eigenvalue weighted by Gasteiger charge is -2.18. The fourth-order valence-electron chi connectivity index (χ4n) is 7.93. The lowest BCUT2D eigenvalue weighted by molar-refractivity contribution is -0.167. The van der Waals surface area contributed by atoms with E-state index in [4.69, 9.17) is 14.2 Å². The van der Waals surface area contributed by atoms with Gasteiger partial charge in [-0.25, -0.2) is 0 Å². The number of esters is 3. The largest absolute Gasteiger partial charge is 0.462 e. The van der Waals surface area contributed by atoms with E-state index in [0.717, 1.165) is 76.0 Å². The van der Waals surface area contributed by atoms with Crippen LogP contribution in [0, 0.1) is 11.8 Å². The average molecular weight is 835 g/mol. The lowest BCUT2D eigenvalue weighted by Crippen LogP contribution is -2.30. The summed E-state index contributed by atoms with van der Waals surface area (Å²) in [5.41, 5.74) is 0. The zero-order chi connectivity index (χ0) is 43.3. The van der Waals surface area contributed by atoms with Crippen LogP contribution in [-0.2, 0) is 28.6 Å². The molecule has 6 nitrogen and oxygen atoms in total. The van der Waals surface area contributed by atoms with Crippen LogP contribution in [0.25, 0.3) is 0 Å². The number of hydrogen-bond donors (Lipinski definition) is 0. The van der Waals surface area contributed by atoms with Crippen molar-refractivity contribution in [2.45, 2.75) is 298 Å². The molecule has 2 unspecified atom stereocenters. The van der Waals surface area contributed by atoms with Gasteiger partial charge >= 0.3 is 17.9 Å². The number of ether oxygens (including phenoxy) is 3. The summed E-state index contributed by atoms with van der Waals surface area (Å²) >= 11 is 0. The van der Waals surface area contributed by atoms with E-state index in [1.54, 1.807) is 0 Å². The van der Waals surface area contributed by atoms with Gasteiger partial charge in [0.25, 0.3) is 0 Å². The maximum Gasteiger partial charge on any atom is 0.306 e. The second-order valence-electron chi connectivity index (χ2n) is 18.6. The molecule has 0 aromatic rings. The summed E-state index contributed by atoms with van der Waals surface area (Å²) in [5.74, 6) is 0.916. The molecule has 0 aliphatic rings. The van der Waals surface area contributed by atoms with Crippen molar-refractivity contribution in [3.8, 4) is 0 Å².